The number of benzene rings is 1. The second-order valence-corrected chi connectivity index (χ2v) is 5.28. The van der Waals surface area contributed by atoms with Crippen LogP contribution in [0.1, 0.15) is 25.7 Å². The van der Waals surface area contributed by atoms with E-state index in [0.717, 1.165) is 25.7 Å². The number of nitrogens with zero attached hydrogens (tertiary/aromatic N) is 1. The van der Waals surface area contributed by atoms with Gasteiger partial charge in [-0.2, -0.15) is 0 Å². The maximum atomic E-state index is 11.0. The number of nitro benzene ring substituents is 1. The summed E-state index contributed by atoms with van der Waals surface area (Å²) in [5, 5.41) is 17.9. The fourth-order valence-electron chi connectivity index (χ4n) is 2.54. The van der Waals surface area contributed by atoms with Gasteiger partial charge in [-0.25, -0.2) is 0 Å². The summed E-state index contributed by atoms with van der Waals surface area (Å²) in [4.78, 5) is 10.6. The van der Waals surface area contributed by atoms with E-state index in [4.69, 9.17) is 11.6 Å². The predicted molar refractivity (Wildman–Crippen MR) is 76.8 cm³/mol. The van der Waals surface area contributed by atoms with E-state index in [1.54, 1.807) is 12.1 Å². The Morgan fingerprint density at radius 3 is 2.47 bits per heavy atom. The summed E-state index contributed by atoms with van der Waals surface area (Å²) < 4.78 is 0. The van der Waals surface area contributed by atoms with Gasteiger partial charge >= 0.3 is 0 Å². The Labute approximate surface area is 117 Å². The summed E-state index contributed by atoms with van der Waals surface area (Å²) in [7, 11) is 1.97. The van der Waals surface area contributed by atoms with E-state index in [1.807, 2.05) is 7.05 Å². The smallest absolute Gasteiger partial charge is 0.293 e. The zero-order valence-corrected chi connectivity index (χ0v) is 11.6. The van der Waals surface area contributed by atoms with Crippen LogP contribution < -0.4 is 10.6 Å². The van der Waals surface area contributed by atoms with Crippen molar-refractivity contribution in [2.45, 2.75) is 37.8 Å². The largest absolute Gasteiger partial charge is 0.376 e. The zero-order valence-electron chi connectivity index (χ0n) is 10.9. The number of hydrogen-bond acceptors (Lipinski definition) is 4. The topological polar surface area (TPSA) is 67.2 Å². The second kappa shape index (κ2) is 6.21. The standard InChI is InChI=1S/C13H18ClN3O2/c1-15-9-5-7-10(8-6-9)16-13-11(14)3-2-4-12(13)17(18)19/h2-4,9-10,15-16H,5-8H2,1H3. The van der Waals surface area contributed by atoms with Crippen molar-refractivity contribution in [3.63, 3.8) is 0 Å². The summed E-state index contributed by atoms with van der Waals surface area (Å²) >= 11 is 6.07. The molecule has 1 aliphatic rings. The molecule has 1 fully saturated rings. The van der Waals surface area contributed by atoms with Crippen LogP contribution in [0.3, 0.4) is 0 Å². The predicted octanol–water partition coefficient (Wildman–Crippen LogP) is 3.19. The Kier molecular flexibility index (Phi) is 4.61. The molecule has 1 aromatic rings. The third kappa shape index (κ3) is 3.36. The Morgan fingerprint density at radius 1 is 1.26 bits per heavy atom. The Bertz CT molecular complexity index is 459. The molecule has 0 unspecified atom stereocenters. The maximum absolute atomic E-state index is 11.0. The molecule has 0 atom stereocenters. The fraction of sp³-hybridized carbons (Fsp3) is 0.538. The highest BCUT2D eigenvalue weighted by Gasteiger charge is 2.24. The molecule has 1 saturated carbocycles. The SMILES string of the molecule is CNC1CCC(Nc2c(Cl)cccc2[N+](=O)[O-])CC1. The molecule has 6 heteroatoms. The van der Waals surface area contributed by atoms with Crippen LogP contribution in [0.2, 0.25) is 5.02 Å². The fourth-order valence-corrected chi connectivity index (χ4v) is 2.76. The van der Waals surface area contributed by atoms with Crippen LogP contribution in [0.15, 0.2) is 18.2 Å². The summed E-state index contributed by atoms with van der Waals surface area (Å²) in [5.74, 6) is 0. The minimum absolute atomic E-state index is 0.0447. The van der Waals surface area contributed by atoms with Crippen molar-refractivity contribution in [2.75, 3.05) is 12.4 Å². The van der Waals surface area contributed by atoms with Gasteiger partial charge in [-0.15, -0.1) is 0 Å². The monoisotopic (exact) mass is 283 g/mol. The number of nitro groups is 1. The molecule has 0 radical (unpaired) electrons. The van der Waals surface area contributed by atoms with Crippen molar-refractivity contribution in [1.82, 2.24) is 5.32 Å². The van der Waals surface area contributed by atoms with Gasteiger partial charge in [-0.3, -0.25) is 10.1 Å². The molecule has 0 amide bonds. The third-order valence-corrected chi connectivity index (χ3v) is 3.99. The highest BCUT2D eigenvalue weighted by atomic mass is 35.5. The second-order valence-electron chi connectivity index (χ2n) is 4.87. The van der Waals surface area contributed by atoms with E-state index in [2.05, 4.69) is 10.6 Å². The van der Waals surface area contributed by atoms with Gasteiger partial charge in [0.25, 0.3) is 5.69 Å². The lowest BCUT2D eigenvalue weighted by atomic mass is 9.91. The first-order chi connectivity index (χ1) is 9.11. The van der Waals surface area contributed by atoms with Crippen LogP contribution in [0.4, 0.5) is 11.4 Å². The molecule has 1 aliphatic carbocycles. The van der Waals surface area contributed by atoms with E-state index in [0.29, 0.717) is 16.8 Å². The summed E-state index contributed by atoms with van der Waals surface area (Å²) in [6.45, 7) is 0. The van der Waals surface area contributed by atoms with Gasteiger partial charge in [-0.05, 0) is 38.8 Å². The van der Waals surface area contributed by atoms with E-state index in [1.165, 1.54) is 6.07 Å². The third-order valence-electron chi connectivity index (χ3n) is 3.67. The van der Waals surface area contributed by atoms with E-state index >= 15 is 0 Å². The first-order valence-corrected chi connectivity index (χ1v) is 6.86. The normalized spacial score (nSPS) is 23.1. The van der Waals surface area contributed by atoms with Crippen LogP contribution >= 0.6 is 11.6 Å². The van der Waals surface area contributed by atoms with Crippen LogP contribution in [0.25, 0.3) is 0 Å². The van der Waals surface area contributed by atoms with Crippen molar-refractivity contribution < 1.29 is 4.92 Å². The summed E-state index contributed by atoms with van der Waals surface area (Å²) in [5.41, 5.74) is 0.491. The Hall–Kier alpha value is -1.33. The number of rotatable bonds is 4. The lowest BCUT2D eigenvalue weighted by molar-refractivity contribution is -0.384. The molecule has 0 spiro atoms. The molecule has 0 bridgehead atoms. The van der Waals surface area contributed by atoms with Crippen molar-refractivity contribution in [3.05, 3.63) is 33.3 Å². The van der Waals surface area contributed by atoms with Crippen molar-refractivity contribution in [1.29, 1.82) is 0 Å². The van der Waals surface area contributed by atoms with Crippen LogP contribution in [-0.2, 0) is 0 Å². The van der Waals surface area contributed by atoms with Gasteiger partial charge < -0.3 is 10.6 Å². The Balaban J connectivity index is 2.09. The van der Waals surface area contributed by atoms with Crippen LogP contribution in [0.5, 0.6) is 0 Å². The first-order valence-electron chi connectivity index (χ1n) is 6.48. The van der Waals surface area contributed by atoms with Crippen molar-refractivity contribution in [3.8, 4) is 0 Å². The lowest BCUT2D eigenvalue weighted by Gasteiger charge is -2.29. The van der Waals surface area contributed by atoms with Crippen LogP contribution in [0, 0.1) is 10.1 Å². The highest BCUT2D eigenvalue weighted by Crippen LogP contribution is 2.34. The van der Waals surface area contributed by atoms with Gasteiger partial charge in [0.05, 0.1) is 9.95 Å². The van der Waals surface area contributed by atoms with Gasteiger partial charge in [0.2, 0.25) is 0 Å². The molecule has 0 aliphatic heterocycles. The van der Waals surface area contributed by atoms with Gasteiger partial charge in [-0.1, -0.05) is 17.7 Å². The average molecular weight is 284 g/mol. The van der Waals surface area contributed by atoms with E-state index < -0.39 is 4.92 Å². The van der Waals surface area contributed by atoms with E-state index in [9.17, 15) is 10.1 Å². The molecule has 104 valence electrons. The molecule has 0 saturated heterocycles. The minimum Gasteiger partial charge on any atom is -0.376 e. The lowest BCUT2D eigenvalue weighted by Crippen LogP contribution is -2.35. The van der Waals surface area contributed by atoms with E-state index in [-0.39, 0.29) is 11.7 Å². The number of anilines is 1. The summed E-state index contributed by atoms with van der Waals surface area (Å²) in [6, 6.07) is 5.56. The Morgan fingerprint density at radius 2 is 1.89 bits per heavy atom. The zero-order chi connectivity index (χ0) is 13.8. The van der Waals surface area contributed by atoms with Crippen molar-refractivity contribution in [2.24, 2.45) is 0 Å². The van der Waals surface area contributed by atoms with Gasteiger partial charge in [0, 0.05) is 18.2 Å². The molecule has 2 N–H and O–H groups in total. The number of halogens is 1. The molecule has 19 heavy (non-hydrogen) atoms. The minimum atomic E-state index is -0.395. The maximum Gasteiger partial charge on any atom is 0.293 e. The van der Waals surface area contributed by atoms with Gasteiger partial charge in [0.15, 0.2) is 0 Å². The highest BCUT2D eigenvalue weighted by molar-refractivity contribution is 6.33. The summed E-state index contributed by atoms with van der Waals surface area (Å²) in [6.07, 6.45) is 4.14. The number of nitrogens with one attached hydrogen (secondary N) is 2. The quantitative estimate of drug-likeness (QED) is 0.658. The molecular formula is C13H18ClN3O2. The number of para-hydroxylation sites is 1. The molecular weight excluding hydrogens is 266 g/mol. The van der Waals surface area contributed by atoms with Crippen molar-refractivity contribution >= 4 is 23.0 Å². The molecule has 1 aromatic carbocycles. The first kappa shape index (κ1) is 14.1. The molecule has 0 aromatic heterocycles. The van der Waals surface area contributed by atoms with Gasteiger partial charge in [0.1, 0.15) is 5.69 Å². The molecule has 2 rings (SSSR count). The molecule has 5 nitrogen and oxygen atoms in total. The molecule has 0 heterocycles. The van der Waals surface area contributed by atoms with Crippen LogP contribution in [-0.4, -0.2) is 24.1 Å². The average Bonchev–Trinajstić information content (AvgIpc) is 2.41. The number of hydrogen-bond donors (Lipinski definition) is 2.